The predicted octanol–water partition coefficient (Wildman–Crippen LogP) is 4.17. The first-order chi connectivity index (χ1) is 10.6. The first-order valence-corrected chi connectivity index (χ1v) is 7.31. The summed E-state index contributed by atoms with van der Waals surface area (Å²) in [6, 6.07) is 16.0. The van der Waals surface area contributed by atoms with E-state index in [-0.39, 0.29) is 6.04 Å². The number of hydrogen-bond acceptors (Lipinski definition) is 3. The van der Waals surface area contributed by atoms with Gasteiger partial charge < -0.3 is 14.8 Å². The SMILES string of the molecule is CCOc1ccc(-c2ccc(C(C)NC(=O)OC)cc2)cc1. The van der Waals surface area contributed by atoms with Crippen molar-refractivity contribution in [3.8, 4) is 16.9 Å². The Balaban J connectivity index is 2.09. The molecule has 0 aliphatic rings. The summed E-state index contributed by atoms with van der Waals surface area (Å²) >= 11 is 0. The first kappa shape index (κ1) is 15.9. The smallest absolute Gasteiger partial charge is 0.407 e. The van der Waals surface area contributed by atoms with E-state index in [4.69, 9.17) is 4.74 Å². The van der Waals surface area contributed by atoms with Crippen molar-refractivity contribution in [2.24, 2.45) is 0 Å². The Labute approximate surface area is 131 Å². The Hall–Kier alpha value is -2.49. The molecule has 0 aliphatic heterocycles. The minimum absolute atomic E-state index is 0.0955. The highest BCUT2D eigenvalue weighted by Gasteiger charge is 2.09. The van der Waals surface area contributed by atoms with Crippen LogP contribution in [0.25, 0.3) is 11.1 Å². The molecule has 4 nitrogen and oxygen atoms in total. The van der Waals surface area contributed by atoms with Crippen molar-refractivity contribution in [2.75, 3.05) is 13.7 Å². The van der Waals surface area contributed by atoms with Crippen molar-refractivity contribution >= 4 is 6.09 Å². The molecule has 0 fully saturated rings. The van der Waals surface area contributed by atoms with Crippen molar-refractivity contribution in [3.63, 3.8) is 0 Å². The molecule has 1 N–H and O–H groups in total. The minimum Gasteiger partial charge on any atom is -0.494 e. The molecule has 1 unspecified atom stereocenters. The van der Waals surface area contributed by atoms with E-state index in [1.165, 1.54) is 7.11 Å². The molecule has 0 aliphatic carbocycles. The topological polar surface area (TPSA) is 47.6 Å². The Morgan fingerprint density at radius 2 is 1.59 bits per heavy atom. The molecular formula is C18H21NO3. The molecule has 2 rings (SSSR count). The molecule has 1 atom stereocenters. The average Bonchev–Trinajstić information content (AvgIpc) is 2.56. The van der Waals surface area contributed by atoms with Gasteiger partial charge in [-0.15, -0.1) is 0 Å². The number of amides is 1. The van der Waals surface area contributed by atoms with Crippen molar-refractivity contribution in [1.82, 2.24) is 5.32 Å². The average molecular weight is 299 g/mol. The maximum atomic E-state index is 11.2. The van der Waals surface area contributed by atoms with Gasteiger partial charge in [0.15, 0.2) is 0 Å². The fourth-order valence-corrected chi connectivity index (χ4v) is 2.19. The number of alkyl carbamates (subject to hydrolysis) is 1. The van der Waals surface area contributed by atoms with Crippen LogP contribution in [0.1, 0.15) is 25.5 Å². The number of rotatable bonds is 5. The molecule has 2 aromatic carbocycles. The standard InChI is InChI=1S/C18H21NO3/c1-4-22-17-11-9-16(10-12-17)15-7-5-14(6-8-15)13(2)19-18(20)21-3/h5-13H,4H2,1-3H3,(H,19,20). The minimum atomic E-state index is -0.428. The zero-order valence-electron chi connectivity index (χ0n) is 13.1. The number of ether oxygens (including phenoxy) is 2. The predicted molar refractivity (Wildman–Crippen MR) is 87.0 cm³/mol. The van der Waals surface area contributed by atoms with Gasteiger partial charge in [-0.1, -0.05) is 36.4 Å². The zero-order chi connectivity index (χ0) is 15.9. The van der Waals surface area contributed by atoms with E-state index >= 15 is 0 Å². The molecule has 0 bridgehead atoms. The normalized spacial score (nSPS) is 11.6. The number of benzene rings is 2. The van der Waals surface area contributed by atoms with Crippen molar-refractivity contribution in [3.05, 3.63) is 54.1 Å². The molecular weight excluding hydrogens is 278 g/mol. The lowest BCUT2D eigenvalue weighted by Crippen LogP contribution is -2.26. The monoisotopic (exact) mass is 299 g/mol. The lowest BCUT2D eigenvalue weighted by molar-refractivity contribution is 0.167. The molecule has 1 amide bonds. The second-order valence-corrected chi connectivity index (χ2v) is 4.94. The van der Waals surface area contributed by atoms with Gasteiger partial charge in [0.2, 0.25) is 0 Å². The third-order valence-electron chi connectivity index (χ3n) is 3.43. The van der Waals surface area contributed by atoms with Gasteiger partial charge >= 0.3 is 6.09 Å². The zero-order valence-corrected chi connectivity index (χ0v) is 13.1. The van der Waals surface area contributed by atoms with Crippen molar-refractivity contribution in [2.45, 2.75) is 19.9 Å². The van der Waals surface area contributed by atoms with E-state index in [1.807, 2.05) is 62.4 Å². The third kappa shape index (κ3) is 4.01. The third-order valence-corrected chi connectivity index (χ3v) is 3.43. The maximum absolute atomic E-state index is 11.2. The second kappa shape index (κ2) is 7.50. The lowest BCUT2D eigenvalue weighted by Gasteiger charge is -2.14. The van der Waals surface area contributed by atoms with Gasteiger partial charge in [-0.2, -0.15) is 0 Å². The van der Waals surface area contributed by atoms with Crippen LogP contribution in [0.5, 0.6) is 5.75 Å². The molecule has 0 aromatic heterocycles. The van der Waals surface area contributed by atoms with Gasteiger partial charge in [-0.05, 0) is 42.7 Å². The first-order valence-electron chi connectivity index (χ1n) is 7.31. The van der Waals surface area contributed by atoms with Gasteiger partial charge in [0, 0.05) is 0 Å². The summed E-state index contributed by atoms with van der Waals surface area (Å²) in [7, 11) is 1.36. The van der Waals surface area contributed by atoms with Crippen molar-refractivity contribution < 1.29 is 14.3 Å². The molecule has 0 spiro atoms. The van der Waals surface area contributed by atoms with E-state index in [9.17, 15) is 4.79 Å². The molecule has 22 heavy (non-hydrogen) atoms. The van der Waals surface area contributed by atoms with Gasteiger partial charge in [0.25, 0.3) is 0 Å². The molecule has 4 heteroatoms. The van der Waals surface area contributed by atoms with Crippen LogP contribution in [0.15, 0.2) is 48.5 Å². The van der Waals surface area contributed by atoms with Crippen LogP contribution in [0.2, 0.25) is 0 Å². The summed E-state index contributed by atoms with van der Waals surface area (Å²) in [4.78, 5) is 11.2. The van der Waals surface area contributed by atoms with Crippen LogP contribution < -0.4 is 10.1 Å². The fraction of sp³-hybridized carbons (Fsp3) is 0.278. The number of hydrogen-bond donors (Lipinski definition) is 1. The molecule has 0 saturated heterocycles. The number of carbonyl (C=O) groups excluding carboxylic acids is 1. The highest BCUT2D eigenvalue weighted by Crippen LogP contribution is 2.24. The van der Waals surface area contributed by atoms with Gasteiger partial charge in [-0.25, -0.2) is 4.79 Å². The quantitative estimate of drug-likeness (QED) is 0.901. The summed E-state index contributed by atoms with van der Waals surface area (Å²) < 4.78 is 10.0. The van der Waals surface area contributed by atoms with Crippen molar-refractivity contribution in [1.29, 1.82) is 0 Å². The molecule has 0 saturated carbocycles. The van der Waals surface area contributed by atoms with Crippen LogP contribution >= 0.6 is 0 Å². The summed E-state index contributed by atoms with van der Waals surface area (Å²) in [6.07, 6.45) is -0.428. The van der Waals surface area contributed by atoms with E-state index in [0.717, 1.165) is 22.4 Å². The van der Waals surface area contributed by atoms with E-state index in [1.54, 1.807) is 0 Å². The fourth-order valence-electron chi connectivity index (χ4n) is 2.19. The largest absolute Gasteiger partial charge is 0.494 e. The summed E-state index contributed by atoms with van der Waals surface area (Å²) in [6.45, 7) is 4.55. The van der Waals surface area contributed by atoms with Gasteiger partial charge in [-0.3, -0.25) is 0 Å². The second-order valence-electron chi connectivity index (χ2n) is 4.94. The molecule has 0 heterocycles. The summed E-state index contributed by atoms with van der Waals surface area (Å²) in [5.74, 6) is 0.874. The maximum Gasteiger partial charge on any atom is 0.407 e. The van der Waals surface area contributed by atoms with Gasteiger partial charge in [0.1, 0.15) is 5.75 Å². The van der Waals surface area contributed by atoms with Gasteiger partial charge in [0.05, 0.1) is 19.8 Å². The Morgan fingerprint density at radius 1 is 1.05 bits per heavy atom. The Morgan fingerprint density at radius 3 is 2.09 bits per heavy atom. The van der Waals surface area contributed by atoms with Crippen LogP contribution in [0.4, 0.5) is 4.79 Å². The van der Waals surface area contributed by atoms with E-state index in [2.05, 4.69) is 10.1 Å². The lowest BCUT2D eigenvalue weighted by atomic mass is 10.0. The Kier molecular flexibility index (Phi) is 5.42. The van der Waals surface area contributed by atoms with Crippen LogP contribution in [0.3, 0.4) is 0 Å². The number of nitrogens with one attached hydrogen (secondary N) is 1. The summed E-state index contributed by atoms with van der Waals surface area (Å²) in [5.41, 5.74) is 3.28. The van der Waals surface area contributed by atoms with E-state index < -0.39 is 6.09 Å². The number of carbonyl (C=O) groups is 1. The molecule has 116 valence electrons. The summed E-state index contributed by atoms with van der Waals surface area (Å²) in [5, 5.41) is 2.75. The highest BCUT2D eigenvalue weighted by molar-refractivity contribution is 5.68. The Bertz CT molecular complexity index is 605. The highest BCUT2D eigenvalue weighted by atomic mass is 16.5. The van der Waals surface area contributed by atoms with E-state index in [0.29, 0.717) is 6.61 Å². The molecule has 2 aromatic rings. The van der Waals surface area contributed by atoms with Crippen LogP contribution in [0, 0.1) is 0 Å². The number of methoxy groups -OCH3 is 1. The molecule has 0 radical (unpaired) electrons. The van der Waals surface area contributed by atoms with Crippen LogP contribution in [-0.2, 0) is 4.74 Å². The van der Waals surface area contributed by atoms with Crippen LogP contribution in [-0.4, -0.2) is 19.8 Å².